The van der Waals surface area contributed by atoms with Gasteiger partial charge in [0.15, 0.2) is 0 Å². The van der Waals surface area contributed by atoms with E-state index in [1.807, 2.05) is 16.8 Å². The third-order valence-electron chi connectivity index (χ3n) is 4.73. The van der Waals surface area contributed by atoms with Gasteiger partial charge < -0.3 is 9.80 Å². The molecule has 2 fully saturated rings. The van der Waals surface area contributed by atoms with E-state index in [1.54, 1.807) is 18.3 Å². The van der Waals surface area contributed by atoms with Crippen LogP contribution < -0.4 is 0 Å². The lowest BCUT2D eigenvalue weighted by Gasteiger charge is -2.33. The summed E-state index contributed by atoms with van der Waals surface area (Å²) in [4.78, 5) is 30.1. The summed E-state index contributed by atoms with van der Waals surface area (Å²) in [6.07, 6.45) is 0.549. The summed E-state index contributed by atoms with van der Waals surface area (Å²) in [5, 5.41) is 4.27. The fraction of sp³-hybridized carbons (Fsp3) is 0.625. The Balaban J connectivity index is 1.80. The lowest BCUT2D eigenvalue weighted by atomic mass is 9.86. The molecule has 0 bridgehead atoms. The van der Waals surface area contributed by atoms with Crippen molar-refractivity contribution in [2.24, 2.45) is 5.41 Å². The summed E-state index contributed by atoms with van der Waals surface area (Å²) >= 11 is 1.71. The number of hydrogen-bond donors (Lipinski definition) is 0. The zero-order valence-corrected chi connectivity index (χ0v) is 14.1. The molecule has 5 nitrogen and oxygen atoms in total. The summed E-state index contributed by atoms with van der Waals surface area (Å²) in [7, 11) is 1.86. The average Bonchev–Trinajstić information content (AvgIpc) is 2.98. The molecule has 1 spiro atoms. The summed E-state index contributed by atoms with van der Waals surface area (Å²) in [5.74, 6) is 0.305. The van der Waals surface area contributed by atoms with Gasteiger partial charge in [-0.05, 0) is 22.4 Å². The van der Waals surface area contributed by atoms with Gasteiger partial charge in [0, 0.05) is 65.1 Å². The first-order valence-electron chi connectivity index (χ1n) is 7.70. The van der Waals surface area contributed by atoms with E-state index in [0.717, 1.165) is 32.7 Å². The number of thiophene rings is 1. The third kappa shape index (κ3) is 3.17. The van der Waals surface area contributed by atoms with Gasteiger partial charge in [-0.15, -0.1) is 0 Å². The number of carbonyl (C=O) groups excluding carboxylic acids is 2. The highest BCUT2D eigenvalue weighted by molar-refractivity contribution is 7.07. The van der Waals surface area contributed by atoms with Crippen LogP contribution in [0.25, 0.3) is 0 Å². The Morgan fingerprint density at radius 1 is 1.32 bits per heavy atom. The Kier molecular flexibility index (Phi) is 4.23. The molecule has 0 saturated carbocycles. The van der Waals surface area contributed by atoms with Crippen molar-refractivity contribution in [1.29, 1.82) is 0 Å². The Morgan fingerprint density at radius 3 is 2.73 bits per heavy atom. The van der Waals surface area contributed by atoms with Crippen molar-refractivity contribution in [3.8, 4) is 0 Å². The maximum absolute atomic E-state index is 12.1. The van der Waals surface area contributed by atoms with Crippen molar-refractivity contribution in [2.45, 2.75) is 19.9 Å². The van der Waals surface area contributed by atoms with E-state index in [1.165, 1.54) is 5.56 Å². The Labute approximate surface area is 135 Å². The predicted molar refractivity (Wildman–Crippen MR) is 86.5 cm³/mol. The lowest BCUT2D eigenvalue weighted by Crippen LogP contribution is -2.43. The summed E-state index contributed by atoms with van der Waals surface area (Å²) in [5.41, 5.74) is 1.19. The van der Waals surface area contributed by atoms with E-state index in [9.17, 15) is 9.59 Å². The molecule has 120 valence electrons. The quantitative estimate of drug-likeness (QED) is 0.824. The number of likely N-dealkylation sites (tertiary alicyclic amines) is 1. The van der Waals surface area contributed by atoms with Gasteiger partial charge in [-0.25, -0.2) is 0 Å². The fourth-order valence-corrected chi connectivity index (χ4v) is 4.37. The number of hydrogen-bond acceptors (Lipinski definition) is 4. The minimum atomic E-state index is -0.121. The van der Waals surface area contributed by atoms with Gasteiger partial charge >= 0.3 is 0 Å². The zero-order chi connectivity index (χ0) is 15.7. The summed E-state index contributed by atoms with van der Waals surface area (Å²) < 4.78 is 0. The van der Waals surface area contributed by atoms with E-state index in [-0.39, 0.29) is 17.2 Å². The lowest BCUT2D eigenvalue weighted by molar-refractivity contribution is -0.130. The van der Waals surface area contributed by atoms with Crippen molar-refractivity contribution in [2.75, 3.05) is 39.8 Å². The van der Waals surface area contributed by atoms with Gasteiger partial charge in [0.25, 0.3) is 0 Å². The number of carbonyl (C=O) groups is 2. The normalized spacial score (nSPS) is 26.7. The monoisotopic (exact) mass is 321 g/mol. The van der Waals surface area contributed by atoms with Crippen LogP contribution in [0.5, 0.6) is 0 Å². The van der Waals surface area contributed by atoms with Crippen LogP contribution >= 0.6 is 11.3 Å². The molecule has 3 heterocycles. The summed E-state index contributed by atoms with van der Waals surface area (Å²) in [6.45, 7) is 6.46. The standard InChI is InChI=1S/C16H23N3O2S/c1-13(20)19-5-4-18(8-14-3-6-22-9-14)11-16(12-19)7-15(21)17(2)10-16/h3,6,9H,4-5,7-8,10-12H2,1-2H3/t16-/m1/s1. The topological polar surface area (TPSA) is 43.9 Å². The Hall–Kier alpha value is -1.40. The number of amides is 2. The molecular formula is C16H23N3O2S. The van der Waals surface area contributed by atoms with Crippen molar-refractivity contribution in [3.05, 3.63) is 22.4 Å². The Bertz CT molecular complexity index is 560. The van der Waals surface area contributed by atoms with Gasteiger partial charge in [0.1, 0.15) is 0 Å². The highest BCUT2D eigenvalue weighted by Gasteiger charge is 2.45. The first-order valence-corrected chi connectivity index (χ1v) is 8.65. The average molecular weight is 321 g/mol. The minimum Gasteiger partial charge on any atom is -0.345 e. The van der Waals surface area contributed by atoms with Crippen molar-refractivity contribution in [1.82, 2.24) is 14.7 Å². The smallest absolute Gasteiger partial charge is 0.223 e. The van der Waals surface area contributed by atoms with Crippen LogP contribution in [0.2, 0.25) is 0 Å². The van der Waals surface area contributed by atoms with Crippen molar-refractivity contribution < 1.29 is 9.59 Å². The molecule has 1 atom stereocenters. The minimum absolute atomic E-state index is 0.110. The molecule has 0 aromatic carbocycles. The maximum atomic E-state index is 12.1. The number of nitrogens with zero attached hydrogens (tertiary/aromatic N) is 3. The molecule has 1 aromatic heterocycles. The van der Waals surface area contributed by atoms with Crippen LogP contribution in [0, 0.1) is 5.41 Å². The van der Waals surface area contributed by atoms with E-state index >= 15 is 0 Å². The fourth-order valence-electron chi connectivity index (χ4n) is 3.71. The molecule has 0 N–H and O–H groups in total. The van der Waals surface area contributed by atoms with Gasteiger partial charge in [-0.1, -0.05) is 0 Å². The second kappa shape index (κ2) is 6.01. The molecule has 2 saturated heterocycles. The van der Waals surface area contributed by atoms with E-state index < -0.39 is 0 Å². The molecule has 0 aliphatic carbocycles. The van der Waals surface area contributed by atoms with Gasteiger partial charge in [0.2, 0.25) is 11.8 Å². The van der Waals surface area contributed by atoms with Crippen LogP contribution in [-0.4, -0.2) is 66.3 Å². The Morgan fingerprint density at radius 2 is 2.14 bits per heavy atom. The highest BCUT2D eigenvalue weighted by atomic mass is 32.1. The SMILES string of the molecule is CC(=O)N1CCN(Cc2ccsc2)C[C@]2(CC(=O)N(C)C2)C1. The molecule has 1 aromatic rings. The molecule has 22 heavy (non-hydrogen) atoms. The number of rotatable bonds is 2. The summed E-state index contributed by atoms with van der Waals surface area (Å²) in [6, 6.07) is 2.15. The van der Waals surface area contributed by atoms with Crippen molar-refractivity contribution in [3.63, 3.8) is 0 Å². The second-order valence-corrected chi connectivity index (χ2v) is 7.49. The van der Waals surface area contributed by atoms with Gasteiger partial charge in [0.05, 0.1) is 0 Å². The largest absolute Gasteiger partial charge is 0.345 e. The third-order valence-corrected chi connectivity index (χ3v) is 5.46. The van der Waals surface area contributed by atoms with Crippen molar-refractivity contribution >= 4 is 23.2 Å². The molecule has 6 heteroatoms. The van der Waals surface area contributed by atoms with E-state index in [0.29, 0.717) is 13.0 Å². The molecule has 0 unspecified atom stereocenters. The van der Waals surface area contributed by atoms with Crippen LogP contribution in [0.15, 0.2) is 16.8 Å². The van der Waals surface area contributed by atoms with Gasteiger partial charge in [-0.3, -0.25) is 14.5 Å². The highest BCUT2D eigenvalue weighted by Crippen LogP contribution is 2.34. The molecule has 0 radical (unpaired) electrons. The van der Waals surface area contributed by atoms with Crippen LogP contribution in [0.3, 0.4) is 0 Å². The van der Waals surface area contributed by atoms with E-state index in [4.69, 9.17) is 0 Å². The van der Waals surface area contributed by atoms with Crippen LogP contribution in [-0.2, 0) is 16.1 Å². The van der Waals surface area contributed by atoms with Crippen LogP contribution in [0.1, 0.15) is 18.9 Å². The molecule has 2 aliphatic heterocycles. The molecule has 3 rings (SSSR count). The molecular weight excluding hydrogens is 298 g/mol. The van der Waals surface area contributed by atoms with Crippen LogP contribution in [0.4, 0.5) is 0 Å². The first kappa shape index (κ1) is 15.5. The molecule has 2 aliphatic rings. The molecule has 2 amide bonds. The zero-order valence-electron chi connectivity index (χ0n) is 13.2. The second-order valence-electron chi connectivity index (χ2n) is 6.71. The van der Waals surface area contributed by atoms with Gasteiger partial charge in [-0.2, -0.15) is 11.3 Å². The van der Waals surface area contributed by atoms with E-state index in [2.05, 4.69) is 21.7 Å². The maximum Gasteiger partial charge on any atom is 0.223 e. The first-order chi connectivity index (χ1) is 10.5. The predicted octanol–water partition coefficient (Wildman–Crippen LogP) is 1.26.